The molecule has 2 aromatic carbocycles. The van der Waals surface area contributed by atoms with Gasteiger partial charge in [0.25, 0.3) is 0 Å². The van der Waals surface area contributed by atoms with Gasteiger partial charge in [-0.25, -0.2) is 19.1 Å². The van der Waals surface area contributed by atoms with E-state index in [1.54, 1.807) is 6.92 Å². The normalized spacial score (nSPS) is 14.9. The van der Waals surface area contributed by atoms with Gasteiger partial charge in [-0.15, -0.1) is 0 Å². The number of H-pyrrole nitrogens is 1. The van der Waals surface area contributed by atoms with Gasteiger partial charge in [0.05, 0.1) is 25.3 Å². The van der Waals surface area contributed by atoms with Crippen LogP contribution in [-0.2, 0) is 22.6 Å². The van der Waals surface area contributed by atoms with E-state index in [0.29, 0.717) is 11.6 Å². The number of rotatable bonds is 8. The van der Waals surface area contributed by atoms with Crippen LogP contribution in [-0.4, -0.2) is 27.2 Å². The lowest BCUT2D eigenvalue weighted by molar-refractivity contribution is -0.145. The van der Waals surface area contributed by atoms with Gasteiger partial charge in [-0.1, -0.05) is 61.0 Å². The summed E-state index contributed by atoms with van der Waals surface area (Å²) in [6.07, 6.45) is 6.82. The van der Waals surface area contributed by atoms with Crippen LogP contribution >= 0.6 is 0 Å². The maximum Gasteiger partial charge on any atom is 0.335 e. The highest BCUT2D eigenvalue weighted by Crippen LogP contribution is 2.30. The van der Waals surface area contributed by atoms with Gasteiger partial charge in [0, 0.05) is 6.54 Å². The third-order valence-corrected chi connectivity index (χ3v) is 6.01. The Kier molecular flexibility index (Phi) is 7.29. The van der Waals surface area contributed by atoms with Gasteiger partial charge >= 0.3 is 17.3 Å². The Hall–Kier alpha value is -3.94. The van der Waals surface area contributed by atoms with Crippen molar-refractivity contribution < 1.29 is 9.53 Å². The number of nitrogens with zero attached hydrogens (tertiary/aromatic N) is 3. The van der Waals surface area contributed by atoms with Gasteiger partial charge in [-0.3, -0.25) is 14.3 Å². The predicted octanol–water partition coefficient (Wildman–Crippen LogP) is 3.16. The van der Waals surface area contributed by atoms with Crippen LogP contribution in [0.15, 0.2) is 69.2 Å². The summed E-state index contributed by atoms with van der Waals surface area (Å²) in [5.74, 6) is -0.463. The maximum absolute atomic E-state index is 13.4. The molecule has 1 aliphatic rings. The summed E-state index contributed by atoms with van der Waals surface area (Å²) in [6, 6.07) is 15.4. The van der Waals surface area contributed by atoms with E-state index >= 15 is 0 Å². The van der Waals surface area contributed by atoms with Crippen LogP contribution in [0.1, 0.15) is 36.5 Å². The first-order valence-corrected chi connectivity index (χ1v) is 11.7. The molecule has 1 saturated carbocycles. The molecule has 0 saturated heterocycles. The number of nitrogens with one attached hydrogen (secondary N) is 1. The fourth-order valence-corrected chi connectivity index (χ4v) is 3.69. The molecule has 1 aromatic heterocycles. The summed E-state index contributed by atoms with van der Waals surface area (Å²) in [7, 11) is 1.28. The van der Waals surface area contributed by atoms with E-state index in [-0.39, 0.29) is 18.7 Å². The molecule has 0 aliphatic heterocycles. The summed E-state index contributed by atoms with van der Waals surface area (Å²) in [5.41, 5.74) is 2.64. The molecule has 1 heterocycles. The van der Waals surface area contributed by atoms with E-state index < -0.39 is 23.3 Å². The van der Waals surface area contributed by atoms with E-state index in [4.69, 9.17) is 4.74 Å². The SMILES string of the molecule is COC(=O)[C@@H](C)Cn1c(=O)[nH]/c(=N\c2ccc(/C=C/C3CC3)cc2)n(Cc2ccc(C)cc2)c1=O. The molecule has 35 heavy (non-hydrogen) atoms. The minimum absolute atomic E-state index is 0.100. The molecular formula is C27H30N4O4. The highest BCUT2D eigenvalue weighted by atomic mass is 16.5. The monoisotopic (exact) mass is 474 g/mol. The first-order chi connectivity index (χ1) is 16.8. The van der Waals surface area contributed by atoms with Crippen LogP contribution in [0.25, 0.3) is 6.08 Å². The Bertz CT molecular complexity index is 1410. The summed E-state index contributed by atoms with van der Waals surface area (Å²) < 4.78 is 7.18. The zero-order valence-corrected chi connectivity index (χ0v) is 20.2. The quantitative estimate of drug-likeness (QED) is 0.507. The first-order valence-electron chi connectivity index (χ1n) is 11.7. The van der Waals surface area contributed by atoms with Gasteiger partial charge in [-0.05, 0) is 48.9 Å². The number of aromatic amines is 1. The van der Waals surface area contributed by atoms with Crippen molar-refractivity contribution in [1.29, 1.82) is 0 Å². The minimum Gasteiger partial charge on any atom is -0.469 e. The predicted molar refractivity (Wildman–Crippen MR) is 134 cm³/mol. The van der Waals surface area contributed by atoms with Crippen LogP contribution < -0.4 is 17.0 Å². The molecular weight excluding hydrogens is 444 g/mol. The molecule has 0 spiro atoms. The number of ether oxygens (including phenoxy) is 1. The van der Waals surface area contributed by atoms with Gasteiger partial charge in [-0.2, -0.15) is 0 Å². The molecule has 182 valence electrons. The Labute approximate surface area is 203 Å². The summed E-state index contributed by atoms with van der Waals surface area (Å²) in [5, 5.41) is 0. The molecule has 8 heteroatoms. The summed E-state index contributed by atoms with van der Waals surface area (Å²) in [4.78, 5) is 45.4. The van der Waals surface area contributed by atoms with E-state index in [9.17, 15) is 14.4 Å². The Morgan fingerprint density at radius 1 is 1.11 bits per heavy atom. The number of carbonyl (C=O) groups excluding carboxylic acids is 1. The maximum atomic E-state index is 13.4. The van der Waals surface area contributed by atoms with Gasteiger partial charge in [0.15, 0.2) is 0 Å². The highest BCUT2D eigenvalue weighted by molar-refractivity contribution is 5.71. The zero-order chi connectivity index (χ0) is 24.9. The third-order valence-electron chi connectivity index (χ3n) is 6.01. The molecule has 1 atom stereocenters. The van der Waals surface area contributed by atoms with Crippen molar-refractivity contribution in [3.8, 4) is 0 Å². The average Bonchev–Trinajstić information content (AvgIpc) is 3.69. The number of benzene rings is 2. The number of esters is 1. The number of hydrogen-bond acceptors (Lipinski definition) is 5. The molecule has 1 fully saturated rings. The second-order valence-corrected chi connectivity index (χ2v) is 9.04. The van der Waals surface area contributed by atoms with Crippen molar-refractivity contribution >= 4 is 17.7 Å². The lowest BCUT2D eigenvalue weighted by Gasteiger charge is -2.14. The first kappa shape index (κ1) is 24.2. The lowest BCUT2D eigenvalue weighted by atomic mass is 10.1. The molecule has 0 amide bonds. The molecule has 4 rings (SSSR count). The third kappa shape index (κ3) is 6.15. The Balaban J connectivity index is 1.75. The fourth-order valence-electron chi connectivity index (χ4n) is 3.69. The second kappa shape index (κ2) is 10.5. The van der Waals surface area contributed by atoms with Crippen LogP contribution in [0.2, 0.25) is 0 Å². The fraction of sp³-hybridized carbons (Fsp3) is 0.333. The summed E-state index contributed by atoms with van der Waals surface area (Å²) in [6.45, 7) is 3.71. The zero-order valence-electron chi connectivity index (χ0n) is 20.2. The van der Waals surface area contributed by atoms with Gasteiger partial charge in [0.2, 0.25) is 5.62 Å². The smallest absolute Gasteiger partial charge is 0.335 e. The number of allylic oxidation sites excluding steroid dienone is 1. The standard InChI is InChI=1S/C27H30N4O4/c1-18-4-6-22(7-5-18)17-30-25(28-23-14-12-21(13-15-23)11-10-20-8-9-20)29-26(33)31(27(30)34)16-19(2)24(32)35-3/h4-7,10-15,19-20H,8-9,16-17H2,1-3H3,(H,28,29,33)/b11-10+/t19-/m0/s1. The molecule has 0 unspecified atom stereocenters. The van der Waals surface area contributed by atoms with E-state index in [0.717, 1.165) is 21.3 Å². The van der Waals surface area contributed by atoms with Crippen molar-refractivity contribution in [1.82, 2.24) is 14.1 Å². The molecule has 1 aliphatic carbocycles. The van der Waals surface area contributed by atoms with Crippen molar-refractivity contribution in [2.24, 2.45) is 16.8 Å². The van der Waals surface area contributed by atoms with Crippen LogP contribution in [0.3, 0.4) is 0 Å². The van der Waals surface area contributed by atoms with E-state index in [1.807, 2.05) is 55.5 Å². The number of carbonyl (C=O) groups is 1. The van der Waals surface area contributed by atoms with Gasteiger partial charge in [0.1, 0.15) is 0 Å². The van der Waals surface area contributed by atoms with Crippen molar-refractivity contribution in [2.75, 3.05) is 7.11 Å². The van der Waals surface area contributed by atoms with Crippen molar-refractivity contribution in [3.63, 3.8) is 0 Å². The molecule has 8 nitrogen and oxygen atoms in total. The summed E-state index contributed by atoms with van der Waals surface area (Å²) >= 11 is 0. The topological polar surface area (TPSA) is 98.4 Å². The van der Waals surface area contributed by atoms with Crippen molar-refractivity contribution in [3.05, 3.63) is 97.9 Å². The van der Waals surface area contributed by atoms with Crippen molar-refractivity contribution in [2.45, 2.75) is 39.8 Å². The number of hydrogen-bond donors (Lipinski definition) is 1. The minimum atomic E-state index is -0.661. The number of aromatic nitrogens is 3. The molecule has 3 aromatic rings. The molecule has 1 N–H and O–H groups in total. The van der Waals surface area contributed by atoms with Crippen LogP contribution in [0.4, 0.5) is 5.69 Å². The van der Waals surface area contributed by atoms with Crippen LogP contribution in [0.5, 0.6) is 0 Å². The average molecular weight is 475 g/mol. The molecule has 0 bridgehead atoms. The second-order valence-electron chi connectivity index (χ2n) is 9.04. The van der Waals surface area contributed by atoms with E-state index in [1.165, 1.54) is 24.5 Å². The largest absolute Gasteiger partial charge is 0.469 e. The Morgan fingerprint density at radius 2 is 1.80 bits per heavy atom. The number of methoxy groups -OCH3 is 1. The van der Waals surface area contributed by atoms with Crippen LogP contribution in [0, 0.1) is 18.8 Å². The molecule has 0 radical (unpaired) electrons. The highest BCUT2D eigenvalue weighted by Gasteiger charge is 2.18. The van der Waals surface area contributed by atoms with Gasteiger partial charge < -0.3 is 4.74 Å². The lowest BCUT2D eigenvalue weighted by Crippen LogP contribution is -2.51. The number of aryl methyl sites for hydroxylation is 1. The Morgan fingerprint density at radius 3 is 2.43 bits per heavy atom. The van der Waals surface area contributed by atoms with E-state index in [2.05, 4.69) is 22.1 Å².